The van der Waals surface area contributed by atoms with Gasteiger partial charge in [-0.15, -0.1) is 11.3 Å². The lowest BCUT2D eigenvalue weighted by atomic mass is 9.84. The van der Waals surface area contributed by atoms with Crippen molar-refractivity contribution in [2.75, 3.05) is 40.4 Å². The van der Waals surface area contributed by atoms with Crippen molar-refractivity contribution in [2.45, 2.75) is 110 Å². The van der Waals surface area contributed by atoms with Crippen LogP contribution in [-0.2, 0) is 43.2 Å². The second kappa shape index (κ2) is 18.0. The number of likely N-dealkylation sites (N-methyl/N-ethyl adjacent to an activating group) is 1. The van der Waals surface area contributed by atoms with Gasteiger partial charge in [0.15, 0.2) is 0 Å². The van der Waals surface area contributed by atoms with Crippen LogP contribution in [0.5, 0.6) is 0 Å². The van der Waals surface area contributed by atoms with E-state index in [2.05, 4.69) is 40.4 Å². The van der Waals surface area contributed by atoms with Crippen LogP contribution in [0.1, 0.15) is 83.2 Å². The number of thiazole rings is 1. The number of benzene rings is 1. The average molecular weight is 872 g/mol. The molecular formula is C45H61N9O7S. The van der Waals surface area contributed by atoms with Crippen molar-refractivity contribution in [3.05, 3.63) is 58.2 Å². The molecule has 5 N–H and O–H groups in total. The third-order valence-electron chi connectivity index (χ3n) is 12.5. The van der Waals surface area contributed by atoms with E-state index < -0.39 is 41.0 Å². The first-order chi connectivity index (χ1) is 29.5. The van der Waals surface area contributed by atoms with E-state index in [1.165, 1.54) is 21.2 Å². The van der Waals surface area contributed by atoms with E-state index in [-0.39, 0.29) is 56.5 Å². The van der Waals surface area contributed by atoms with Gasteiger partial charge in [0.25, 0.3) is 5.91 Å². The highest BCUT2D eigenvalue weighted by molar-refractivity contribution is 7.10. The number of urea groups is 1. The molecule has 6 heterocycles. The number of pyridine rings is 1. The van der Waals surface area contributed by atoms with E-state index in [0.717, 1.165) is 45.4 Å². The van der Waals surface area contributed by atoms with Crippen LogP contribution in [0, 0.1) is 11.3 Å². The second-order valence-electron chi connectivity index (χ2n) is 17.9. The summed E-state index contributed by atoms with van der Waals surface area (Å²) in [6.45, 7) is 13.5. The minimum absolute atomic E-state index is 0.00388. The minimum atomic E-state index is -2.21. The molecule has 0 radical (unpaired) electrons. The molecule has 4 amide bonds. The molecule has 3 aromatic heterocycles. The number of carbonyl (C=O) groups excluding carboxylic acids is 4. The number of carbonyl (C=O) groups is 4. The molecule has 0 spiro atoms. The molecule has 2 saturated heterocycles. The van der Waals surface area contributed by atoms with E-state index in [1.807, 2.05) is 52.1 Å². The Bertz CT molecular complexity index is 2320. The molecule has 4 aromatic rings. The van der Waals surface area contributed by atoms with Crippen molar-refractivity contribution in [1.29, 1.82) is 0 Å². The molecule has 62 heavy (non-hydrogen) atoms. The lowest BCUT2D eigenvalue weighted by Crippen LogP contribution is -2.67. The third kappa shape index (κ3) is 8.69. The van der Waals surface area contributed by atoms with Gasteiger partial charge in [-0.3, -0.25) is 19.6 Å². The molecule has 5 atom stereocenters. The van der Waals surface area contributed by atoms with Crippen LogP contribution in [0.15, 0.2) is 41.9 Å². The number of aromatic nitrogens is 3. The van der Waals surface area contributed by atoms with Crippen LogP contribution >= 0.6 is 11.3 Å². The Kier molecular flexibility index (Phi) is 13.1. The van der Waals surface area contributed by atoms with Crippen molar-refractivity contribution in [3.8, 4) is 22.5 Å². The summed E-state index contributed by atoms with van der Waals surface area (Å²) in [5.41, 5.74) is 12.2. The normalized spacial score (nSPS) is 22.8. The Morgan fingerprint density at radius 3 is 2.65 bits per heavy atom. The molecule has 7 rings (SSSR count). The van der Waals surface area contributed by atoms with E-state index >= 15 is 0 Å². The number of nitrogens with zero attached hydrogens (tertiary/aromatic N) is 6. The van der Waals surface area contributed by atoms with Crippen LogP contribution in [0.2, 0.25) is 0 Å². The number of methoxy groups -OCH3 is 1. The van der Waals surface area contributed by atoms with Crippen molar-refractivity contribution in [2.24, 2.45) is 17.1 Å². The summed E-state index contributed by atoms with van der Waals surface area (Å²) < 4.78 is 14.0. The van der Waals surface area contributed by atoms with E-state index in [0.29, 0.717) is 36.8 Å². The number of likely N-dealkylation sites (tertiary alicyclic amines) is 1. The lowest BCUT2D eigenvalue weighted by Gasteiger charge is -2.44. The molecule has 17 heteroatoms. The molecule has 0 saturated carbocycles. The summed E-state index contributed by atoms with van der Waals surface area (Å²) in [4.78, 5) is 69.2. The number of nitrogens with one attached hydrogen (secondary N) is 2. The number of hydrazine groups is 1. The Hall–Kier alpha value is -4.94. The first-order valence-corrected chi connectivity index (χ1v) is 22.5. The number of rotatable bonds is 9. The Labute approximate surface area is 367 Å². The van der Waals surface area contributed by atoms with Crippen molar-refractivity contribution < 1.29 is 33.8 Å². The van der Waals surface area contributed by atoms with Gasteiger partial charge >= 0.3 is 12.0 Å². The first-order valence-electron chi connectivity index (χ1n) is 21.6. The topological polar surface area (TPSA) is 197 Å². The van der Waals surface area contributed by atoms with Crippen molar-refractivity contribution in [1.82, 2.24) is 40.1 Å². The molecule has 3 aliphatic rings. The number of hydrogen-bond donors (Lipinski definition) is 4. The predicted octanol–water partition coefficient (Wildman–Crippen LogP) is 4.63. The Balaban J connectivity index is 1.31. The number of cyclic esters (lactones) is 1. The largest absolute Gasteiger partial charge is 0.462 e. The molecule has 0 unspecified atom stereocenters. The van der Waals surface area contributed by atoms with Gasteiger partial charge in [0.2, 0.25) is 11.6 Å². The molecule has 16 nitrogen and oxygen atoms in total. The summed E-state index contributed by atoms with van der Waals surface area (Å²) in [7, 11) is 3.26. The van der Waals surface area contributed by atoms with Gasteiger partial charge in [-0.1, -0.05) is 33.8 Å². The number of aryl methyl sites for hydroxylation is 1. The molecule has 1 aromatic carbocycles. The van der Waals surface area contributed by atoms with Crippen LogP contribution < -0.4 is 16.5 Å². The Morgan fingerprint density at radius 2 is 1.97 bits per heavy atom. The monoisotopic (exact) mass is 871 g/mol. The zero-order valence-electron chi connectivity index (χ0n) is 37.1. The number of aliphatic hydroxyl groups is 1. The summed E-state index contributed by atoms with van der Waals surface area (Å²) >= 11 is 1.37. The highest BCUT2D eigenvalue weighted by atomic mass is 32.1. The number of amides is 4. The maximum Gasteiger partial charge on any atom is 0.355 e. The van der Waals surface area contributed by atoms with Crippen molar-refractivity contribution >= 4 is 46.1 Å². The quantitative estimate of drug-likeness (QED) is 0.171. The standard InChI is InChI=1S/C45H61N9O7S/c1-9-52-35-14-13-28-20-31(35)32(39(52)30-12-10-17-47-37(30)27(4)60-8)22-44(5,6)25-61-42(57)45(59)16-11-18-54(50-45)41(56)33(21-36-48-34(28)24-62-36)49-40(55)38(26(2)3)51(7)43(58)53-19-15-29(53)23-46/h10,12-14,17,20,24,26-27,29,33,38,50,59H,9,11,15-16,18-19,21-23,25,46H2,1-8H3,(H,49,55)/t27-,29+,33-,38-,45-/m0/s1. The number of ether oxygens (including phenoxy) is 2. The van der Waals surface area contributed by atoms with Gasteiger partial charge in [-0.05, 0) is 68.9 Å². The highest BCUT2D eigenvalue weighted by Crippen LogP contribution is 2.42. The zero-order chi connectivity index (χ0) is 44.7. The summed E-state index contributed by atoms with van der Waals surface area (Å²) in [6.07, 6.45) is 3.09. The fraction of sp³-hybridized carbons (Fsp3) is 0.556. The summed E-state index contributed by atoms with van der Waals surface area (Å²) in [5, 5.41) is 19.5. The fourth-order valence-corrected chi connectivity index (χ4v) is 9.90. The number of nitrogens with two attached hydrogens (primary N) is 1. The molecule has 6 bridgehead atoms. The van der Waals surface area contributed by atoms with Crippen LogP contribution in [0.3, 0.4) is 0 Å². The van der Waals surface area contributed by atoms with Crippen LogP contribution in [-0.4, -0.2) is 123 Å². The SMILES string of the molecule is CCn1c(-c2cccnc2[C@H](C)OC)c2c3cc(ccc31)-c1csc(n1)C[C@H](NC(=O)[C@H](C(C)C)N(C)C(=O)N1CC[C@@H]1CN)C(=O)N1CCC[C@@](O)(N1)C(=O)OCC(C)(C)C2. The third-order valence-corrected chi connectivity index (χ3v) is 13.4. The summed E-state index contributed by atoms with van der Waals surface area (Å²) in [5.74, 6) is -2.30. The predicted molar refractivity (Wildman–Crippen MR) is 236 cm³/mol. The number of esters is 1. The molecule has 0 aliphatic carbocycles. The smallest absolute Gasteiger partial charge is 0.355 e. The molecule has 2 fully saturated rings. The van der Waals surface area contributed by atoms with Gasteiger partial charge in [-0.2, -0.15) is 5.43 Å². The lowest BCUT2D eigenvalue weighted by molar-refractivity contribution is -0.189. The fourth-order valence-electron chi connectivity index (χ4n) is 9.05. The van der Waals surface area contributed by atoms with Gasteiger partial charge in [0, 0.05) is 98.2 Å². The maximum absolute atomic E-state index is 14.5. The molecule has 3 aliphatic heterocycles. The molecular weight excluding hydrogens is 811 g/mol. The van der Waals surface area contributed by atoms with Crippen LogP contribution in [0.25, 0.3) is 33.4 Å². The maximum atomic E-state index is 14.5. The minimum Gasteiger partial charge on any atom is -0.462 e. The van der Waals surface area contributed by atoms with Gasteiger partial charge in [-0.25, -0.2) is 14.6 Å². The zero-order valence-corrected chi connectivity index (χ0v) is 37.9. The van der Waals surface area contributed by atoms with Gasteiger partial charge in [0.05, 0.1) is 34.8 Å². The summed E-state index contributed by atoms with van der Waals surface area (Å²) in [6, 6.07) is 7.79. The van der Waals surface area contributed by atoms with E-state index in [9.17, 15) is 24.3 Å². The second-order valence-corrected chi connectivity index (χ2v) is 18.9. The number of fused-ring (bicyclic) bond motifs is 6. The first kappa shape index (κ1) is 45.1. The van der Waals surface area contributed by atoms with Crippen LogP contribution in [0.4, 0.5) is 4.79 Å². The van der Waals surface area contributed by atoms with Gasteiger partial charge in [0.1, 0.15) is 12.1 Å². The highest BCUT2D eigenvalue weighted by Gasteiger charge is 2.46. The van der Waals surface area contributed by atoms with E-state index in [4.69, 9.17) is 25.2 Å². The van der Waals surface area contributed by atoms with Gasteiger partial charge < -0.3 is 40.0 Å². The number of hydrogen-bond acceptors (Lipinski definition) is 12. The Morgan fingerprint density at radius 1 is 1.19 bits per heavy atom. The average Bonchev–Trinajstić information content (AvgIpc) is 3.82. The van der Waals surface area contributed by atoms with Crippen molar-refractivity contribution in [3.63, 3.8) is 0 Å². The van der Waals surface area contributed by atoms with E-state index in [1.54, 1.807) is 25.3 Å². The molecule has 334 valence electrons.